The van der Waals surface area contributed by atoms with Crippen molar-refractivity contribution in [3.05, 3.63) is 124 Å². The number of aryl methyl sites for hydroxylation is 1. The van der Waals surface area contributed by atoms with Gasteiger partial charge in [0.25, 0.3) is 17.7 Å². The Balaban J connectivity index is 0.791. The molecule has 0 saturated carbocycles. The van der Waals surface area contributed by atoms with Crippen molar-refractivity contribution in [3.63, 3.8) is 0 Å². The van der Waals surface area contributed by atoms with Gasteiger partial charge < -0.3 is 10.2 Å². The minimum absolute atomic E-state index is 0.0284. The molecule has 14 nitrogen and oxygen atoms in total. The summed E-state index contributed by atoms with van der Waals surface area (Å²) in [5.74, 6) is 3.39. The second-order valence-electron chi connectivity index (χ2n) is 16.3. The Labute approximate surface area is 360 Å². The van der Waals surface area contributed by atoms with Crippen molar-refractivity contribution in [2.45, 2.75) is 57.4 Å². The van der Waals surface area contributed by atoms with Crippen molar-refractivity contribution in [3.8, 4) is 11.8 Å². The Hall–Kier alpha value is -6.90. The van der Waals surface area contributed by atoms with Crippen molar-refractivity contribution in [1.29, 1.82) is 0 Å². The lowest BCUT2D eigenvalue weighted by Gasteiger charge is -2.43. The first-order valence-corrected chi connectivity index (χ1v) is 20.8. The van der Waals surface area contributed by atoms with Crippen LogP contribution in [-0.4, -0.2) is 110 Å². The summed E-state index contributed by atoms with van der Waals surface area (Å²) < 4.78 is 45.4. The van der Waals surface area contributed by atoms with Crippen LogP contribution >= 0.6 is 0 Å². The molecule has 1 unspecified atom stereocenters. The molecule has 1 atom stereocenters. The van der Waals surface area contributed by atoms with Gasteiger partial charge in [-0.1, -0.05) is 18.1 Å². The summed E-state index contributed by atoms with van der Waals surface area (Å²) in [6, 6.07) is 16.9. The van der Waals surface area contributed by atoms with Gasteiger partial charge in [0.2, 0.25) is 11.8 Å². The zero-order valence-electron chi connectivity index (χ0n) is 34.2. The Morgan fingerprint density at radius 3 is 2.41 bits per heavy atom. The highest BCUT2D eigenvalue weighted by Crippen LogP contribution is 2.39. The zero-order chi connectivity index (χ0) is 44.0. The number of benzene rings is 3. The lowest BCUT2D eigenvalue weighted by molar-refractivity contribution is -0.137. The molecule has 3 fully saturated rings. The first-order valence-electron chi connectivity index (χ1n) is 20.8. The summed E-state index contributed by atoms with van der Waals surface area (Å²) in [4.78, 5) is 75.4. The quantitative estimate of drug-likeness (QED) is 0.171. The Bertz CT molecular complexity index is 2740. The van der Waals surface area contributed by atoms with E-state index >= 15 is 0 Å². The van der Waals surface area contributed by atoms with Crippen molar-refractivity contribution in [2.24, 2.45) is 0 Å². The number of aromatic nitrogens is 3. The van der Waals surface area contributed by atoms with Crippen molar-refractivity contribution in [1.82, 2.24) is 34.6 Å². The molecule has 2 N–H and O–H groups in total. The third kappa shape index (κ3) is 8.39. The highest BCUT2D eigenvalue weighted by atomic mass is 19.4. The molecule has 3 saturated heterocycles. The maximum Gasteiger partial charge on any atom is 0.418 e. The van der Waals surface area contributed by atoms with Crippen LogP contribution in [0.2, 0.25) is 0 Å². The number of fused-ring (bicyclic) bond motifs is 2. The SMILES string of the molecule is Cc1ccc(C(=O)Nc2ccc(N3CCN(C4CCN(Cc5ccc6c(c5)C(=O)N(C5CCC(=O)NC5=O)C6=O)CC4)CC3)c(C(F)(F)F)c2)cc1C#Cc1cnc2cccnn12. The summed E-state index contributed by atoms with van der Waals surface area (Å²) in [7, 11) is 0. The predicted molar refractivity (Wildman–Crippen MR) is 225 cm³/mol. The van der Waals surface area contributed by atoms with Gasteiger partial charge in [-0.2, -0.15) is 18.3 Å². The summed E-state index contributed by atoms with van der Waals surface area (Å²) in [5.41, 5.74) is 3.50. The van der Waals surface area contributed by atoms with Gasteiger partial charge in [-0.05, 0) is 111 Å². The van der Waals surface area contributed by atoms with Gasteiger partial charge >= 0.3 is 6.18 Å². The molecular formula is C46H42F3N9O5. The second-order valence-corrected chi connectivity index (χ2v) is 16.3. The van der Waals surface area contributed by atoms with Crippen LogP contribution < -0.4 is 15.5 Å². The van der Waals surface area contributed by atoms with Crippen LogP contribution in [0.4, 0.5) is 24.5 Å². The number of hydrogen-bond acceptors (Lipinski definition) is 10. The van der Waals surface area contributed by atoms with E-state index in [0.717, 1.165) is 48.0 Å². The van der Waals surface area contributed by atoms with Crippen molar-refractivity contribution < 1.29 is 37.1 Å². The third-order valence-corrected chi connectivity index (χ3v) is 12.3. The summed E-state index contributed by atoms with van der Waals surface area (Å²) in [5, 5.41) is 9.12. The molecule has 9 rings (SSSR count). The number of piperazine rings is 1. The number of anilines is 2. The van der Waals surface area contributed by atoms with Crippen LogP contribution in [0.3, 0.4) is 0 Å². The van der Waals surface area contributed by atoms with Gasteiger partial charge in [0.05, 0.1) is 22.9 Å². The van der Waals surface area contributed by atoms with Gasteiger partial charge in [-0.3, -0.25) is 44.0 Å². The summed E-state index contributed by atoms with van der Waals surface area (Å²) >= 11 is 0. The minimum Gasteiger partial charge on any atom is -0.368 e. The fraction of sp³-hybridized carbons (Fsp3) is 0.326. The highest BCUT2D eigenvalue weighted by Gasteiger charge is 2.45. The number of carbonyl (C=O) groups excluding carboxylic acids is 5. The van der Waals surface area contributed by atoms with Gasteiger partial charge in [0.1, 0.15) is 11.7 Å². The fourth-order valence-corrected chi connectivity index (χ4v) is 8.91. The van der Waals surface area contributed by atoms with E-state index in [9.17, 15) is 37.1 Å². The summed E-state index contributed by atoms with van der Waals surface area (Å²) in [6.07, 6.45) is 0.447. The normalized spacial score (nSPS) is 19.0. The number of hydrogen-bond donors (Lipinski definition) is 2. The number of nitrogens with one attached hydrogen (secondary N) is 2. The molecule has 17 heteroatoms. The van der Waals surface area contributed by atoms with E-state index in [2.05, 4.69) is 42.4 Å². The number of imide groups is 2. The zero-order valence-corrected chi connectivity index (χ0v) is 34.2. The van der Waals surface area contributed by atoms with Crippen LogP contribution in [0.1, 0.15) is 84.7 Å². The second kappa shape index (κ2) is 16.8. The van der Waals surface area contributed by atoms with Gasteiger partial charge in [0.15, 0.2) is 5.65 Å². The molecular weight excluding hydrogens is 816 g/mol. The van der Waals surface area contributed by atoms with Crippen LogP contribution in [0, 0.1) is 18.8 Å². The number of likely N-dealkylation sites (tertiary alicyclic amines) is 1. The number of nitrogens with zero attached hydrogens (tertiary/aromatic N) is 7. The van der Waals surface area contributed by atoms with E-state index in [1.54, 1.807) is 64.3 Å². The van der Waals surface area contributed by atoms with E-state index in [1.165, 1.54) is 12.1 Å². The number of amides is 5. The number of carbonyl (C=O) groups is 5. The van der Waals surface area contributed by atoms with Gasteiger partial charge in [0, 0.05) is 73.9 Å². The largest absolute Gasteiger partial charge is 0.418 e. The van der Waals surface area contributed by atoms with Crippen LogP contribution in [0.15, 0.2) is 79.1 Å². The summed E-state index contributed by atoms with van der Waals surface area (Å²) in [6.45, 7) is 5.98. The lowest BCUT2D eigenvalue weighted by atomic mass is 10.00. The van der Waals surface area contributed by atoms with E-state index < -0.39 is 47.3 Å². The average molecular weight is 858 g/mol. The number of halogens is 3. The Morgan fingerprint density at radius 2 is 1.65 bits per heavy atom. The monoisotopic (exact) mass is 857 g/mol. The molecule has 4 aliphatic rings. The number of alkyl halides is 3. The standard InChI is InChI=1S/C46H42F3N9O5/c1-28-4-6-31(24-30(28)7-9-34-26-50-40-3-2-16-51-58(34)40)42(60)52-32-8-11-38(37(25-32)46(47,48)49)56-21-19-55(20-22-56)33-14-17-54(18-15-33)27-29-5-10-35-36(23-29)45(63)57(44(35)62)39-12-13-41(59)53-43(39)61/h2-6,8,10-11,16,23-26,33,39H,12-15,17-22,27H2,1H3,(H,52,60)(H,53,59,61). The molecule has 0 bridgehead atoms. The van der Waals surface area contributed by atoms with E-state index in [4.69, 9.17) is 0 Å². The third-order valence-electron chi connectivity index (χ3n) is 12.3. The lowest BCUT2D eigenvalue weighted by Crippen LogP contribution is -2.54. The smallest absolute Gasteiger partial charge is 0.368 e. The molecule has 5 amide bonds. The first-order chi connectivity index (χ1) is 30.3. The molecule has 0 spiro atoms. The molecule has 2 aromatic heterocycles. The van der Waals surface area contributed by atoms with Crippen LogP contribution in [-0.2, 0) is 22.3 Å². The maximum absolute atomic E-state index is 14.6. The number of rotatable bonds is 7. The van der Waals surface area contributed by atoms with Gasteiger partial charge in [-0.15, -0.1) is 0 Å². The van der Waals surface area contributed by atoms with E-state index in [1.807, 2.05) is 13.0 Å². The van der Waals surface area contributed by atoms with E-state index in [0.29, 0.717) is 49.6 Å². The van der Waals surface area contributed by atoms with Gasteiger partial charge in [-0.25, -0.2) is 9.50 Å². The molecule has 4 aliphatic heterocycles. The molecule has 5 aromatic rings. The van der Waals surface area contributed by atoms with Crippen LogP contribution in [0.5, 0.6) is 0 Å². The molecule has 3 aromatic carbocycles. The molecule has 0 aliphatic carbocycles. The first kappa shape index (κ1) is 41.5. The maximum atomic E-state index is 14.6. The fourth-order valence-electron chi connectivity index (χ4n) is 8.91. The molecule has 322 valence electrons. The predicted octanol–water partition coefficient (Wildman–Crippen LogP) is 4.90. The van der Waals surface area contributed by atoms with Crippen molar-refractivity contribution >= 4 is 46.6 Å². The topological polar surface area (TPSA) is 153 Å². The molecule has 0 radical (unpaired) electrons. The van der Waals surface area contributed by atoms with E-state index in [-0.39, 0.29) is 46.9 Å². The molecule has 6 heterocycles. The van der Waals surface area contributed by atoms with Crippen molar-refractivity contribution in [2.75, 3.05) is 49.5 Å². The Morgan fingerprint density at radius 1 is 0.873 bits per heavy atom. The molecule has 63 heavy (non-hydrogen) atoms. The highest BCUT2D eigenvalue weighted by molar-refractivity contribution is 6.23. The van der Waals surface area contributed by atoms with Crippen LogP contribution in [0.25, 0.3) is 5.65 Å². The Kier molecular flexibility index (Phi) is 11.0. The average Bonchev–Trinajstić information content (AvgIpc) is 3.80. The number of imidazole rings is 1. The number of piperidine rings is 2. The minimum atomic E-state index is -4.66.